The standard InChI is InChI=1S/C5H9N3.ClH/c1-4(6)5-2-7-8-3-5;/h2-4H,6H2,1H3,(H,7,8);1H. The maximum Gasteiger partial charge on any atom is 0.0534 e. The molecule has 0 saturated carbocycles. The van der Waals surface area contributed by atoms with Crippen LogP contribution in [0.4, 0.5) is 0 Å². The first kappa shape index (κ1) is 8.46. The van der Waals surface area contributed by atoms with Crippen molar-refractivity contribution in [1.82, 2.24) is 10.2 Å². The smallest absolute Gasteiger partial charge is 0.0534 e. The Balaban J connectivity index is 0.000000640. The van der Waals surface area contributed by atoms with Crippen LogP contribution in [-0.2, 0) is 0 Å². The Morgan fingerprint density at radius 1 is 1.78 bits per heavy atom. The lowest BCUT2D eigenvalue weighted by molar-refractivity contribution is 0.819. The zero-order chi connectivity index (χ0) is 5.98. The Morgan fingerprint density at radius 2 is 2.44 bits per heavy atom. The molecule has 1 atom stereocenters. The normalized spacial score (nSPS) is 12.2. The molecule has 1 aromatic heterocycles. The van der Waals surface area contributed by atoms with Gasteiger partial charge in [-0.15, -0.1) is 12.4 Å². The number of H-pyrrole nitrogens is 1. The SMILES string of the molecule is CC(N)c1cn[nH]c1.Cl. The van der Waals surface area contributed by atoms with Crippen molar-refractivity contribution < 1.29 is 0 Å². The van der Waals surface area contributed by atoms with E-state index in [0.29, 0.717) is 0 Å². The summed E-state index contributed by atoms with van der Waals surface area (Å²) in [7, 11) is 0. The van der Waals surface area contributed by atoms with E-state index in [0.717, 1.165) is 5.56 Å². The van der Waals surface area contributed by atoms with Crippen LogP contribution in [0, 0.1) is 0 Å². The predicted octanol–water partition coefficient (Wildman–Crippen LogP) is 0.851. The van der Waals surface area contributed by atoms with Crippen LogP contribution in [0.2, 0.25) is 0 Å². The Bertz CT molecular complexity index is 147. The van der Waals surface area contributed by atoms with Crippen LogP contribution in [0.15, 0.2) is 12.4 Å². The zero-order valence-electron chi connectivity index (χ0n) is 5.16. The van der Waals surface area contributed by atoms with E-state index >= 15 is 0 Å². The third-order valence-electron chi connectivity index (χ3n) is 1.05. The van der Waals surface area contributed by atoms with Gasteiger partial charge in [0.2, 0.25) is 0 Å². The number of hydrogen-bond donors (Lipinski definition) is 2. The van der Waals surface area contributed by atoms with Gasteiger partial charge < -0.3 is 5.73 Å². The number of nitrogens with one attached hydrogen (secondary N) is 1. The maximum absolute atomic E-state index is 5.50. The summed E-state index contributed by atoms with van der Waals surface area (Å²) in [6, 6.07) is 0.0914. The van der Waals surface area contributed by atoms with Gasteiger partial charge in [-0.1, -0.05) is 0 Å². The average Bonchev–Trinajstić information content (AvgIpc) is 2.12. The summed E-state index contributed by atoms with van der Waals surface area (Å²) in [4.78, 5) is 0. The highest BCUT2D eigenvalue weighted by molar-refractivity contribution is 5.85. The van der Waals surface area contributed by atoms with Gasteiger partial charge in [-0.05, 0) is 6.92 Å². The zero-order valence-corrected chi connectivity index (χ0v) is 5.98. The molecular formula is C5H10ClN3. The fourth-order valence-electron chi connectivity index (χ4n) is 0.510. The molecule has 0 radical (unpaired) electrons. The summed E-state index contributed by atoms with van der Waals surface area (Å²) in [6.45, 7) is 1.92. The Morgan fingerprint density at radius 3 is 2.67 bits per heavy atom. The lowest BCUT2D eigenvalue weighted by Gasteiger charge is -1.95. The van der Waals surface area contributed by atoms with Gasteiger partial charge in [0.1, 0.15) is 0 Å². The lowest BCUT2D eigenvalue weighted by Crippen LogP contribution is -2.02. The van der Waals surface area contributed by atoms with Crippen LogP contribution in [0.1, 0.15) is 18.5 Å². The van der Waals surface area contributed by atoms with Crippen LogP contribution in [-0.4, -0.2) is 10.2 Å². The molecule has 3 nitrogen and oxygen atoms in total. The molecule has 52 valence electrons. The van der Waals surface area contributed by atoms with Crippen molar-refractivity contribution >= 4 is 12.4 Å². The second-order valence-electron chi connectivity index (χ2n) is 1.82. The van der Waals surface area contributed by atoms with Crippen LogP contribution < -0.4 is 5.73 Å². The highest BCUT2D eigenvalue weighted by Crippen LogP contribution is 2.03. The molecule has 0 saturated heterocycles. The van der Waals surface area contributed by atoms with E-state index in [9.17, 15) is 0 Å². The van der Waals surface area contributed by atoms with Crippen molar-refractivity contribution in [1.29, 1.82) is 0 Å². The Hall–Kier alpha value is -0.540. The molecule has 3 N–H and O–H groups in total. The molecular weight excluding hydrogens is 138 g/mol. The van der Waals surface area contributed by atoms with E-state index in [-0.39, 0.29) is 18.4 Å². The fraction of sp³-hybridized carbons (Fsp3) is 0.400. The molecule has 0 amide bonds. The van der Waals surface area contributed by atoms with Gasteiger partial charge in [0.25, 0.3) is 0 Å². The highest BCUT2D eigenvalue weighted by Gasteiger charge is 1.96. The molecule has 0 spiro atoms. The van der Waals surface area contributed by atoms with Gasteiger partial charge in [-0.3, -0.25) is 5.10 Å². The average molecular weight is 148 g/mol. The van der Waals surface area contributed by atoms with Crippen LogP contribution in [0.25, 0.3) is 0 Å². The molecule has 9 heavy (non-hydrogen) atoms. The van der Waals surface area contributed by atoms with Crippen molar-refractivity contribution in [2.45, 2.75) is 13.0 Å². The Labute approximate surface area is 60.1 Å². The number of hydrogen-bond acceptors (Lipinski definition) is 2. The number of nitrogens with zero attached hydrogens (tertiary/aromatic N) is 1. The van der Waals surface area contributed by atoms with Gasteiger partial charge >= 0.3 is 0 Å². The lowest BCUT2D eigenvalue weighted by atomic mass is 10.2. The summed E-state index contributed by atoms with van der Waals surface area (Å²) < 4.78 is 0. The van der Waals surface area contributed by atoms with E-state index in [1.54, 1.807) is 12.4 Å². The largest absolute Gasteiger partial charge is 0.324 e. The monoisotopic (exact) mass is 147 g/mol. The first-order chi connectivity index (χ1) is 3.80. The molecule has 0 aromatic carbocycles. The first-order valence-electron chi connectivity index (χ1n) is 2.55. The minimum atomic E-state index is 0. The minimum absolute atomic E-state index is 0. The summed E-state index contributed by atoms with van der Waals surface area (Å²) in [5.41, 5.74) is 6.54. The summed E-state index contributed by atoms with van der Waals surface area (Å²) in [6.07, 6.45) is 3.52. The second-order valence-corrected chi connectivity index (χ2v) is 1.82. The third kappa shape index (κ3) is 2.03. The van der Waals surface area contributed by atoms with E-state index in [1.165, 1.54) is 0 Å². The molecule has 1 unspecified atom stereocenters. The van der Waals surface area contributed by atoms with Gasteiger partial charge in [-0.2, -0.15) is 5.10 Å². The number of rotatable bonds is 1. The molecule has 4 heteroatoms. The fourth-order valence-corrected chi connectivity index (χ4v) is 0.510. The van der Waals surface area contributed by atoms with E-state index in [2.05, 4.69) is 10.2 Å². The molecule has 1 aromatic rings. The summed E-state index contributed by atoms with van der Waals surface area (Å²) >= 11 is 0. The number of nitrogens with two attached hydrogens (primary N) is 1. The van der Waals surface area contributed by atoms with E-state index < -0.39 is 0 Å². The molecule has 1 rings (SSSR count). The molecule has 0 bridgehead atoms. The molecule has 1 heterocycles. The number of halogens is 1. The van der Waals surface area contributed by atoms with Gasteiger partial charge in [-0.25, -0.2) is 0 Å². The maximum atomic E-state index is 5.50. The van der Waals surface area contributed by atoms with Crippen molar-refractivity contribution in [3.63, 3.8) is 0 Å². The molecule has 0 aliphatic carbocycles. The van der Waals surface area contributed by atoms with Crippen LogP contribution >= 0.6 is 12.4 Å². The molecule has 0 aliphatic heterocycles. The first-order valence-corrected chi connectivity index (χ1v) is 2.55. The summed E-state index contributed by atoms with van der Waals surface area (Å²) in [5, 5.41) is 6.42. The minimum Gasteiger partial charge on any atom is -0.324 e. The van der Waals surface area contributed by atoms with Gasteiger partial charge in [0, 0.05) is 17.8 Å². The topological polar surface area (TPSA) is 54.7 Å². The van der Waals surface area contributed by atoms with Crippen molar-refractivity contribution in [3.8, 4) is 0 Å². The van der Waals surface area contributed by atoms with Crippen LogP contribution in [0.3, 0.4) is 0 Å². The van der Waals surface area contributed by atoms with E-state index in [1.807, 2.05) is 6.92 Å². The van der Waals surface area contributed by atoms with Crippen molar-refractivity contribution in [3.05, 3.63) is 18.0 Å². The number of aromatic amines is 1. The van der Waals surface area contributed by atoms with E-state index in [4.69, 9.17) is 5.73 Å². The third-order valence-corrected chi connectivity index (χ3v) is 1.05. The summed E-state index contributed by atoms with van der Waals surface area (Å²) in [5.74, 6) is 0. The van der Waals surface area contributed by atoms with Gasteiger partial charge in [0.05, 0.1) is 6.20 Å². The van der Waals surface area contributed by atoms with Crippen molar-refractivity contribution in [2.24, 2.45) is 5.73 Å². The van der Waals surface area contributed by atoms with Crippen LogP contribution in [0.5, 0.6) is 0 Å². The molecule has 0 fully saturated rings. The Kier molecular flexibility index (Phi) is 3.27. The predicted molar refractivity (Wildman–Crippen MR) is 38.4 cm³/mol. The number of aromatic nitrogens is 2. The second kappa shape index (κ2) is 3.48. The van der Waals surface area contributed by atoms with Gasteiger partial charge in [0.15, 0.2) is 0 Å². The van der Waals surface area contributed by atoms with Crippen molar-refractivity contribution in [2.75, 3.05) is 0 Å². The molecule has 0 aliphatic rings. The highest BCUT2D eigenvalue weighted by atomic mass is 35.5. The quantitative estimate of drug-likeness (QED) is 0.619.